The molecule has 0 saturated heterocycles. The van der Waals surface area contributed by atoms with E-state index in [4.69, 9.17) is 5.11 Å². The van der Waals surface area contributed by atoms with Crippen LogP contribution in [0.2, 0.25) is 0 Å². The Balaban J connectivity index is -0.000000726. The van der Waals surface area contributed by atoms with Crippen molar-refractivity contribution >= 4 is 17.4 Å². The Hall–Kier alpha value is -2.10. The first-order chi connectivity index (χ1) is 15.4. The highest BCUT2D eigenvalue weighted by Gasteiger charge is 2.23. The van der Waals surface area contributed by atoms with Crippen molar-refractivity contribution in [3.8, 4) is 0 Å². The maximum absolute atomic E-state index is 12.1. The molecule has 0 aliphatic carbocycles. The molecule has 0 aromatic heterocycles. The predicted molar refractivity (Wildman–Crippen MR) is 141 cm³/mol. The van der Waals surface area contributed by atoms with E-state index in [1.165, 1.54) is 18.4 Å². The second kappa shape index (κ2) is 23.6. The Kier molecular flexibility index (Phi) is 25.4. The Morgan fingerprint density at radius 2 is 1.44 bits per heavy atom. The van der Waals surface area contributed by atoms with Crippen LogP contribution in [-0.2, 0) is 22.7 Å². The fraction of sp³-hybridized carbons (Fsp3) is 0.643. The van der Waals surface area contributed by atoms with Gasteiger partial charge in [0.2, 0.25) is 5.91 Å². The van der Waals surface area contributed by atoms with E-state index in [0.29, 0.717) is 19.5 Å². The molecule has 4 nitrogen and oxygen atoms in total. The number of aliphatic carboxylic acids is 1. The Bertz CT molecular complexity index is 634. The number of carboxylic acids is 1. The smallest absolute Gasteiger partial charge is 0.307 e. The highest BCUT2D eigenvalue weighted by molar-refractivity contribution is 5.84. The minimum Gasteiger partial charge on any atom is -0.481 e. The van der Waals surface area contributed by atoms with Gasteiger partial charge in [0.25, 0.3) is 0 Å². The zero-order chi connectivity index (χ0) is 25.5. The summed E-state index contributed by atoms with van der Waals surface area (Å²) in [6.45, 7) is 21.7. The quantitative estimate of drug-likeness (QED) is 0.473. The first-order valence-electron chi connectivity index (χ1n) is 12.6. The van der Waals surface area contributed by atoms with Gasteiger partial charge in [0.1, 0.15) is 0 Å². The number of unbranched alkanes of at least 4 members (excludes halogenated alkanes) is 1. The molecule has 2 rings (SSSR count). The Morgan fingerprint density at radius 3 is 1.88 bits per heavy atom. The highest BCUT2D eigenvalue weighted by Crippen LogP contribution is 2.28. The van der Waals surface area contributed by atoms with Gasteiger partial charge in [0.05, 0.1) is 6.42 Å². The van der Waals surface area contributed by atoms with E-state index < -0.39 is 5.97 Å². The number of benzene rings is 1. The van der Waals surface area contributed by atoms with Gasteiger partial charge in [-0.1, -0.05) is 99.8 Å². The summed E-state index contributed by atoms with van der Waals surface area (Å²) in [6.07, 6.45) is 6.93. The van der Waals surface area contributed by atoms with E-state index in [1.807, 2.05) is 63.8 Å². The van der Waals surface area contributed by atoms with Crippen molar-refractivity contribution in [1.29, 1.82) is 0 Å². The average molecular weight is 450 g/mol. The molecular formula is C28H51NO3. The molecule has 1 aromatic carbocycles. The number of amides is 1. The Labute approximate surface area is 199 Å². The number of hydrogen-bond acceptors (Lipinski definition) is 2. The summed E-state index contributed by atoms with van der Waals surface area (Å²) in [7, 11) is 0. The lowest BCUT2D eigenvalue weighted by Gasteiger charge is -2.14. The second-order valence-electron chi connectivity index (χ2n) is 7.14. The van der Waals surface area contributed by atoms with Gasteiger partial charge in [-0.3, -0.25) is 9.59 Å². The number of carbonyl (C=O) groups excluding carboxylic acids is 1. The van der Waals surface area contributed by atoms with Gasteiger partial charge in [0, 0.05) is 19.5 Å². The van der Waals surface area contributed by atoms with Gasteiger partial charge < -0.3 is 10.0 Å². The van der Waals surface area contributed by atoms with Crippen LogP contribution in [0.4, 0.5) is 0 Å². The van der Waals surface area contributed by atoms with Gasteiger partial charge in [-0.2, -0.15) is 0 Å². The van der Waals surface area contributed by atoms with Gasteiger partial charge in [-0.05, 0) is 41.7 Å². The van der Waals surface area contributed by atoms with E-state index in [-0.39, 0.29) is 12.3 Å². The zero-order valence-corrected chi connectivity index (χ0v) is 22.7. The molecule has 1 N–H and O–H groups in total. The third-order valence-corrected chi connectivity index (χ3v) is 4.09. The lowest BCUT2D eigenvalue weighted by atomic mass is 9.98. The van der Waals surface area contributed by atoms with Crippen LogP contribution in [0.3, 0.4) is 0 Å². The first kappa shape index (κ1) is 34.5. The van der Waals surface area contributed by atoms with E-state index >= 15 is 0 Å². The number of nitrogens with zero attached hydrogens (tertiary/aromatic N) is 1. The van der Waals surface area contributed by atoms with Crippen LogP contribution in [0.25, 0.3) is 5.57 Å². The van der Waals surface area contributed by atoms with Crippen LogP contribution < -0.4 is 0 Å². The molecule has 1 heterocycles. The molecule has 1 aliphatic rings. The van der Waals surface area contributed by atoms with E-state index in [1.54, 1.807) is 0 Å². The summed E-state index contributed by atoms with van der Waals surface area (Å²) in [6, 6.07) is 6.00. The SMILES string of the molecule is C/C=C(\CC(=O)O)c1ccc2c(c1)CN(C(=O)CCCC)C2.CC.CC.CCC.CCC. The minimum atomic E-state index is -0.829. The number of rotatable bonds is 6. The van der Waals surface area contributed by atoms with E-state index in [9.17, 15) is 9.59 Å². The number of fused-ring (bicyclic) bond motifs is 1. The van der Waals surface area contributed by atoms with Crippen molar-refractivity contribution in [2.45, 2.75) is 121 Å². The molecule has 1 aromatic rings. The molecule has 1 aliphatic heterocycles. The number of carbonyl (C=O) groups is 2. The van der Waals surface area contributed by atoms with Gasteiger partial charge in [0.15, 0.2) is 0 Å². The molecule has 32 heavy (non-hydrogen) atoms. The van der Waals surface area contributed by atoms with Crippen molar-refractivity contribution in [2.24, 2.45) is 0 Å². The third kappa shape index (κ3) is 14.8. The lowest BCUT2D eigenvalue weighted by Crippen LogP contribution is -2.24. The fourth-order valence-corrected chi connectivity index (χ4v) is 2.79. The normalized spacial score (nSPS) is 11.2. The second-order valence-corrected chi connectivity index (χ2v) is 7.14. The molecule has 0 saturated carbocycles. The average Bonchev–Trinajstić information content (AvgIpc) is 3.23. The van der Waals surface area contributed by atoms with Crippen molar-refractivity contribution in [3.05, 3.63) is 41.0 Å². The largest absolute Gasteiger partial charge is 0.481 e. The number of carboxylic acid groups (broad SMARTS) is 1. The van der Waals surface area contributed by atoms with Crippen LogP contribution in [0.15, 0.2) is 24.3 Å². The predicted octanol–water partition coefficient (Wildman–Crippen LogP) is 8.48. The summed E-state index contributed by atoms with van der Waals surface area (Å²) in [4.78, 5) is 24.9. The number of hydrogen-bond donors (Lipinski definition) is 1. The standard InChI is InChI=1S/C18H23NO3.2C3H8.2C2H6/c1-3-5-6-17(20)19-11-15-8-7-14(9-16(15)12-19)13(4-2)10-18(21)22;2*1-3-2;2*1-2/h4,7-9H,3,5-6,10-12H2,1-2H3,(H,21,22);2*3H2,1-2H3;2*1-2H3/b13-4+;;;;. The summed E-state index contributed by atoms with van der Waals surface area (Å²) >= 11 is 0. The molecule has 1 amide bonds. The zero-order valence-electron chi connectivity index (χ0n) is 22.7. The summed E-state index contributed by atoms with van der Waals surface area (Å²) < 4.78 is 0. The highest BCUT2D eigenvalue weighted by atomic mass is 16.4. The molecule has 4 heteroatoms. The van der Waals surface area contributed by atoms with Gasteiger partial charge in [-0.25, -0.2) is 0 Å². The number of allylic oxidation sites excluding steroid dienone is 1. The van der Waals surface area contributed by atoms with Crippen molar-refractivity contribution in [3.63, 3.8) is 0 Å². The monoisotopic (exact) mass is 449 g/mol. The van der Waals surface area contributed by atoms with Crippen LogP contribution in [-0.4, -0.2) is 21.9 Å². The molecule has 0 radical (unpaired) electrons. The van der Waals surface area contributed by atoms with Crippen molar-refractivity contribution in [2.75, 3.05) is 0 Å². The fourth-order valence-electron chi connectivity index (χ4n) is 2.79. The third-order valence-electron chi connectivity index (χ3n) is 4.09. The molecule has 0 atom stereocenters. The van der Waals surface area contributed by atoms with Crippen molar-refractivity contribution in [1.82, 2.24) is 4.90 Å². The first-order valence-corrected chi connectivity index (χ1v) is 12.6. The molecule has 0 spiro atoms. The summed E-state index contributed by atoms with van der Waals surface area (Å²) in [5.74, 6) is -0.624. The molecular weight excluding hydrogens is 398 g/mol. The summed E-state index contributed by atoms with van der Waals surface area (Å²) in [5.41, 5.74) is 4.05. The van der Waals surface area contributed by atoms with Crippen LogP contribution in [0, 0.1) is 0 Å². The molecule has 0 unspecified atom stereocenters. The van der Waals surface area contributed by atoms with Crippen LogP contribution in [0.5, 0.6) is 0 Å². The maximum Gasteiger partial charge on any atom is 0.307 e. The lowest BCUT2D eigenvalue weighted by molar-refractivity contribution is -0.135. The molecule has 0 bridgehead atoms. The van der Waals surface area contributed by atoms with E-state index in [0.717, 1.165) is 29.5 Å². The minimum absolute atomic E-state index is 0.0223. The van der Waals surface area contributed by atoms with E-state index in [2.05, 4.69) is 34.6 Å². The van der Waals surface area contributed by atoms with Crippen molar-refractivity contribution < 1.29 is 14.7 Å². The van der Waals surface area contributed by atoms with Crippen LogP contribution in [0.1, 0.15) is 124 Å². The molecule has 0 fully saturated rings. The Morgan fingerprint density at radius 1 is 0.938 bits per heavy atom. The summed E-state index contributed by atoms with van der Waals surface area (Å²) in [5, 5.41) is 8.97. The molecule has 186 valence electrons. The topological polar surface area (TPSA) is 57.6 Å². The van der Waals surface area contributed by atoms with Gasteiger partial charge >= 0.3 is 5.97 Å². The van der Waals surface area contributed by atoms with Gasteiger partial charge in [-0.15, -0.1) is 0 Å². The maximum atomic E-state index is 12.1. The van der Waals surface area contributed by atoms with Crippen LogP contribution >= 0.6 is 0 Å².